The first-order valence-electron chi connectivity index (χ1n) is 6.56. The van der Waals surface area contributed by atoms with E-state index in [9.17, 15) is 0 Å². The second-order valence-corrected chi connectivity index (χ2v) is 4.52. The molecule has 0 rings (SSSR count). The molecule has 0 aromatic heterocycles. The van der Waals surface area contributed by atoms with E-state index in [1.165, 1.54) is 63.4 Å². The van der Waals surface area contributed by atoms with Crippen molar-refractivity contribution in [3.8, 4) is 0 Å². The van der Waals surface area contributed by atoms with Crippen LogP contribution in [0.4, 0.5) is 0 Å². The average molecular weight is 208 g/mol. The summed E-state index contributed by atoms with van der Waals surface area (Å²) in [6.45, 7) is 8.29. The maximum absolute atomic E-state index is 3.91. The Hall–Kier alpha value is -0.520. The van der Waals surface area contributed by atoms with Gasteiger partial charge in [-0.25, -0.2) is 0 Å². The zero-order valence-corrected chi connectivity index (χ0v) is 10.7. The Balaban J connectivity index is 3.07. The van der Waals surface area contributed by atoms with Gasteiger partial charge in [-0.15, -0.1) is 6.58 Å². The highest BCUT2D eigenvalue weighted by Crippen LogP contribution is 2.07. The second-order valence-electron chi connectivity index (χ2n) is 4.52. The first kappa shape index (κ1) is 14.5. The van der Waals surface area contributed by atoms with Gasteiger partial charge in [0.2, 0.25) is 0 Å². The van der Waals surface area contributed by atoms with Crippen molar-refractivity contribution in [2.45, 2.75) is 71.6 Å². The van der Waals surface area contributed by atoms with Crippen LogP contribution in [0.1, 0.15) is 71.6 Å². The molecule has 0 aliphatic heterocycles. The van der Waals surface area contributed by atoms with Crippen LogP contribution in [-0.2, 0) is 0 Å². The van der Waals surface area contributed by atoms with E-state index in [1.54, 1.807) is 0 Å². The molecule has 0 amide bonds. The maximum Gasteiger partial charge on any atom is -0.0326 e. The summed E-state index contributed by atoms with van der Waals surface area (Å²) in [5.41, 5.74) is 1.32. The molecule has 0 N–H and O–H groups in total. The fourth-order valence-electron chi connectivity index (χ4n) is 1.61. The third-order valence-electron chi connectivity index (χ3n) is 2.62. The van der Waals surface area contributed by atoms with Crippen LogP contribution < -0.4 is 0 Å². The number of rotatable bonds is 10. The number of hydrogen-bond donors (Lipinski definition) is 0. The molecule has 88 valence electrons. The quantitative estimate of drug-likeness (QED) is 0.321. The number of unbranched alkanes of at least 4 members (excludes halogenated alkanes) is 6. The van der Waals surface area contributed by atoms with E-state index in [1.807, 2.05) is 0 Å². The van der Waals surface area contributed by atoms with Crippen molar-refractivity contribution in [3.05, 3.63) is 24.3 Å². The fourth-order valence-corrected chi connectivity index (χ4v) is 1.61. The van der Waals surface area contributed by atoms with Gasteiger partial charge in [0.15, 0.2) is 0 Å². The Kier molecular flexibility index (Phi) is 11.2. The molecule has 0 spiro atoms. The van der Waals surface area contributed by atoms with Crippen molar-refractivity contribution in [3.63, 3.8) is 0 Å². The van der Waals surface area contributed by atoms with Crippen molar-refractivity contribution in [1.29, 1.82) is 0 Å². The summed E-state index contributed by atoms with van der Waals surface area (Å²) in [5, 5.41) is 0. The predicted molar refractivity (Wildman–Crippen MR) is 71.2 cm³/mol. The molecule has 0 radical (unpaired) electrons. The van der Waals surface area contributed by atoms with Gasteiger partial charge < -0.3 is 0 Å². The number of allylic oxidation sites excluding steroid dienone is 3. The van der Waals surface area contributed by atoms with Crippen molar-refractivity contribution >= 4 is 0 Å². The molecule has 0 heteroatoms. The normalized spacial score (nSPS) is 11.1. The van der Waals surface area contributed by atoms with E-state index in [0.29, 0.717) is 0 Å². The Labute approximate surface area is 96.5 Å². The minimum absolute atomic E-state index is 1.20. The van der Waals surface area contributed by atoms with E-state index in [2.05, 4.69) is 32.6 Å². The van der Waals surface area contributed by atoms with Crippen LogP contribution in [0, 0.1) is 0 Å². The molecule has 0 heterocycles. The lowest BCUT2D eigenvalue weighted by Gasteiger charge is -1.97. The largest absolute Gasteiger partial charge is 0.100 e. The van der Waals surface area contributed by atoms with Gasteiger partial charge in [0.25, 0.3) is 0 Å². The summed E-state index contributed by atoms with van der Waals surface area (Å²) in [7, 11) is 0. The van der Waals surface area contributed by atoms with Crippen LogP contribution in [0.15, 0.2) is 24.3 Å². The number of hydrogen-bond acceptors (Lipinski definition) is 0. The summed E-state index contributed by atoms with van der Waals surface area (Å²) in [5.74, 6) is 0. The highest BCUT2D eigenvalue weighted by Gasteiger charge is 1.87. The van der Waals surface area contributed by atoms with Gasteiger partial charge in [-0.3, -0.25) is 0 Å². The summed E-state index contributed by atoms with van der Waals surface area (Å²) < 4.78 is 0. The monoisotopic (exact) mass is 208 g/mol. The van der Waals surface area contributed by atoms with Crippen molar-refractivity contribution in [2.75, 3.05) is 0 Å². The van der Waals surface area contributed by atoms with Gasteiger partial charge >= 0.3 is 0 Å². The molecular weight excluding hydrogens is 180 g/mol. The van der Waals surface area contributed by atoms with E-state index in [4.69, 9.17) is 0 Å². The lowest BCUT2D eigenvalue weighted by Crippen LogP contribution is -1.77. The van der Waals surface area contributed by atoms with Gasteiger partial charge in [-0.2, -0.15) is 0 Å². The Morgan fingerprint density at radius 2 is 1.53 bits per heavy atom. The molecule has 0 saturated heterocycles. The summed E-state index contributed by atoms with van der Waals surface area (Å²) in [6.07, 6.45) is 16.6. The van der Waals surface area contributed by atoms with Gasteiger partial charge in [0.1, 0.15) is 0 Å². The zero-order chi connectivity index (χ0) is 11.4. The smallest absolute Gasteiger partial charge is 0.0326 e. The predicted octanol–water partition coefficient (Wildman–Crippen LogP) is 5.65. The average Bonchev–Trinajstić information content (AvgIpc) is 2.20. The van der Waals surface area contributed by atoms with Crippen LogP contribution in [-0.4, -0.2) is 0 Å². The van der Waals surface area contributed by atoms with E-state index in [-0.39, 0.29) is 0 Å². The Bertz CT molecular complexity index is 165. The molecule has 0 bridgehead atoms. The molecular formula is C15H28. The first-order valence-corrected chi connectivity index (χ1v) is 6.56. The molecule has 0 aliphatic rings. The molecule has 15 heavy (non-hydrogen) atoms. The zero-order valence-electron chi connectivity index (χ0n) is 10.7. The second kappa shape index (κ2) is 11.6. The lowest BCUT2D eigenvalue weighted by molar-refractivity contribution is 0.672. The van der Waals surface area contributed by atoms with Crippen LogP contribution >= 0.6 is 0 Å². The van der Waals surface area contributed by atoms with Gasteiger partial charge in [0, 0.05) is 0 Å². The molecule has 0 unspecified atom stereocenters. The van der Waals surface area contributed by atoms with Crippen molar-refractivity contribution < 1.29 is 0 Å². The minimum atomic E-state index is 1.20. The standard InChI is InChI=1S/C15H28/c1-4-5-6-7-8-9-10-11-12-13-14-15(2)3/h9-10H,2,4-8,11-14H2,1,3H3. The summed E-state index contributed by atoms with van der Waals surface area (Å²) >= 11 is 0. The van der Waals surface area contributed by atoms with Crippen LogP contribution in [0.2, 0.25) is 0 Å². The third-order valence-corrected chi connectivity index (χ3v) is 2.62. The summed E-state index contributed by atoms with van der Waals surface area (Å²) in [4.78, 5) is 0. The third kappa shape index (κ3) is 13.5. The molecule has 0 aliphatic carbocycles. The maximum atomic E-state index is 3.91. The molecule has 0 fully saturated rings. The highest BCUT2D eigenvalue weighted by molar-refractivity contribution is 4.88. The molecule has 0 nitrogen and oxygen atoms in total. The van der Waals surface area contributed by atoms with Crippen LogP contribution in [0.3, 0.4) is 0 Å². The highest BCUT2D eigenvalue weighted by atomic mass is 13.9. The van der Waals surface area contributed by atoms with E-state index in [0.717, 1.165) is 0 Å². The SMILES string of the molecule is C=C(C)CCCCC=CCCCCCC. The minimum Gasteiger partial charge on any atom is -0.100 e. The first-order chi connectivity index (χ1) is 7.27. The van der Waals surface area contributed by atoms with Gasteiger partial charge in [-0.1, -0.05) is 43.9 Å². The van der Waals surface area contributed by atoms with Gasteiger partial charge in [0.05, 0.1) is 0 Å². The topological polar surface area (TPSA) is 0 Å². The van der Waals surface area contributed by atoms with Gasteiger partial charge in [-0.05, 0) is 45.4 Å². The molecule has 0 aromatic rings. The van der Waals surface area contributed by atoms with Crippen LogP contribution in [0.25, 0.3) is 0 Å². The molecule has 0 saturated carbocycles. The van der Waals surface area contributed by atoms with E-state index < -0.39 is 0 Å². The van der Waals surface area contributed by atoms with E-state index >= 15 is 0 Å². The lowest BCUT2D eigenvalue weighted by atomic mass is 10.1. The van der Waals surface area contributed by atoms with Crippen molar-refractivity contribution in [2.24, 2.45) is 0 Å². The summed E-state index contributed by atoms with van der Waals surface area (Å²) in [6, 6.07) is 0. The Morgan fingerprint density at radius 1 is 0.933 bits per heavy atom. The van der Waals surface area contributed by atoms with Crippen molar-refractivity contribution in [1.82, 2.24) is 0 Å². The molecule has 0 atom stereocenters. The fraction of sp³-hybridized carbons (Fsp3) is 0.733. The Morgan fingerprint density at radius 3 is 2.07 bits per heavy atom. The molecule has 0 aromatic carbocycles. The van der Waals surface area contributed by atoms with Crippen LogP contribution in [0.5, 0.6) is 0 Å².